The van der Waals surface area contributed by atoms with Crippen LogP contribution in [0.3, 0.4) is 0 Å². The van der Waals surface area contributed by atoms with Gasteiger partial charge in [0.05, 0.1) is 6.20 Å². The van der Waals surface area contributed by atoms with Crippen molar-refractivity contribution in [2.24, 2.45) is 0 Å². The summed E-state index contributed by atoms with van der Waals surface area (Å²) in [4.78, 5) is 0. The van der Waals surface area contributed by atoms with Crippen LogP contribution >= 0.6 is 0 Å². The molecule has 1 aromatic heterocycles. The van der Waals surface area contributed by atoms with Crippen molar-refractivity contribution in [1.29, 1.82) is 0 Å². The van der Waals surface area contributed by atoms with Crippen LogP contribution in [0.15, 0.2) is 11.2 Å². The third-order valence-corrected chi connectivity index (χ3v) is 4.57. The second kappa shape index (κ2) is 5.85. The molecule has 0 saturated heterocycles. The van der Waals surface area contributed by atoms with Gasteiger partial charge in [-0.05, 0) is 6.04 Å². The number of ether oxygens (including phenoxy) is 1. The zero-order valence-electron chi connectivity index (χ0n) is 10.1. The Kier molecular flexibility index (Phi) is 4.99. The van der Waals surface area contributed by atoms with Crippen molar-refractivity contribution in [3.05, 3.63) is 12.0 Å². The Morgan fingerprint density at radius 1 is 1.59 bits per heavy atom. The molecule has 1 N–H and O–H groups in total. The van der Waals surface area contributed by atoms with Crippen LogP contribution in [-0.4, -0.2) is 33.2 Å². The minimum Gasteiger partial charge on any atom is -0.359 e. The minimum atomic E-state index is -2.39. The molecule has 98 valence electrons. The Balaban J connectivity index is 2.50. The lowest BCUT2D eigenvalue weighted by Gasteiger charge is -2.15. The van der Waals surface area contributed by atoms with Gasteiger partial charge < -0.3 is 9.29 Å². The molecule has 0 aliphatic rings. The van der Waals surface area contributed by atoms with Gasteiger partial charge in [-0.15, -0.1) is 0 Å². The minimum absolute atomic E-state index is 0.00394. The Morgan fingerprint density at radius 2 is 2.24 bits per heavy atom. The summed E-state index contributed by atoms with van der Waals surface area (Å²) in [5, 5.41) is 3.30. The molecule has 0 bridgehead atoms. The third-order valence-electron chi connectivity index (χ3n) is 2.12. The molecule has 8 heteroatoms. The van der Waals surface area contributed by atoms with Gasteiger partial charge in [0.25, 0.3) is 0 Å². The van der Waals surface area contributed by atoms with E-state index in [0.29, 0.717) is 6.61 Å². The van der Waals surface area contributed by atoms with E-state index in [9.17, 15) is 8.60 Å². The van der Waals surface area contributed by atoms with Crippen molar-refractivity contribution in [3.8, 4) is 0 Å². The van der Waals surface area contributed by atoms with Crippen LogP contribution in [0.2, 0.25) is 25.7 Å². The lowest BCUT2D eigenvalue weighted by molar-refractivity contribution is 0.0714. The summed E-state index contributed by atoms with van der Waals surface area (Å²) < 4.78 is 39.2. The largest absolute Gasteiger partial charge is 0.359 e. The zero-order valence-corrected chi connectivity index (χ0v) is 12.0. The van der Waals surface area contributed by atoms with E-state index in [4.69, 9.17) is 9.29 Å². The van der Waals surface area contributed by atoms with E-state index in [1.807, 2.05) is 0 Å². The highest BCUT2D eigenvalue weighted by Gasteiger charge is 2.16. The van der Waals surface area contributed by atoms with E-state index in [0.717, 1.165) is 16.9 Å². The second-order valence-corrected chi connectivity index (χ2v) is 11.4. The van der Waals surface area contributed by atoms with Crippen molar-refractivity contribution < 1.29 is 17.9 Å². The molecule has 5 nitrogen and oxygen atoms in total. The fourth-order valence-corrected chi connectivity index (χ4v) is 2.40. The molecular weight excluding hydrogens is 263 g/mol. The Bertz CT molecular complexity index is 405. The Hall–Kier alpha value is -0.573. The van der Waals surface area contributed by atoms with Crippen LogP contribution in [0.5, 0.6) is 0 Å². The molecule has 1 heterocycles. The second-order valence-electron chi connectivity index (χ2n) is 4.89. The highest BCUT2D eigenvalue weighted by molar-refractivity contribution is 7.79. The number of aromatic nitrogens is 2. The molecule has 0 aliphatic carbocycles. The fourth-order valence-electron chi connectivity index (χ4n) is 1.15. The lowest BCUT2D eigenvalue weighted by atomic mass is 10.7. The van der Waals surface area contributed by atoms with E-state index in [2.05, 4.69) is 24.7 Å². The first kappa shape index (κ1) is 14.5. The number of hydrogen-bond acceptors (Lipinski definition) is 3. The highest BCUT2D eigenvalue weighted by Crippen LogP contribution is 2.11. The normalized spacial score (nSPS) is 13.9. The topological polar surface area (TPSA) is 64.4 Å². The maximum Gasteiger partial charge on any atom is 0.208 e. The van der Waals surface area contributed by atoms with Crippen LogP contribution in [-0.2, 0) is 22.5 Å². The quantitative estimate of drug-likeness (QED) is 0.491. The van der Waals surface area contributed by atoms with E-state index >= 15 is 0 Å². The third kappa shape index (κ3) is 4.66. The maximum atomic E-state index is 13.1. The molecule has 0 aromatic carbocycles. The van der Waals surface area contributed by atoms with E-state index in [1.54, 1.807) is 0 Å². The van der Waals surface area contributed by atoms with Crippen molar-refractivity contribution in [2.45, 2.75) is 37.4 Å². The monoisotopic (exact) mass is 280 g/mol. The average molecular weight is 280 g/mol. The molecule has 1 aromatic rings. The average Bonchev–Trinajstić information content (AvgIpc) is 2.53. The molecule has 0 saturated carbocycles. The number of rotatable bonds is 6. The van der Waals surface area contributed by atoms with Crippen LogP contribution in [0.4, 0.5) is 4.39 Å². The van der Waals surface area contributed by atoms with Crippen LogP contribution in [0.25, 0.3) is 0 Å². The SMILES string of the molecule is C[Si](C)(C)CCOCn1ncc(F)c1S(=O)O. The summed E-state index contributed by atoms with van der Waals surface area (Å²) in [6, 6.07) is 0.980. The van der Waals surface area contributed by atoms with Crippen LogP contribution < -0.4 is 0 Å². The van der Waals surface area contributed by atoms with Gasteiger partial charge in [0.1, 0.15) is 6.73 Å². The maximum absolute atomic E-state index is 13.1. The summed E-state index contributed by atoms with van der Waals surface area (Å²) in [7, 11) is -1.16. The van der Waals surface area contributed by atoms with E-state index in [-0.39, 0.29) is 11.8 Å². The van der Waals surface area contributed by atoms with Gasteiger partial charge in [-0.2, -0.15) is 5.10 Å². The molecule has 0 aliphatic heterocycles. The first-order chi connectivity index (χ1) is 7.81. The predicted molar refractivity (Wildman–Crippen MR) is 65.3 cm³/mol. The van der Waals surface area contributed by atoms with E-state index in [1.165, 1.54) is 0 Å². The molecule has 17 heavy (non-hydrogen) atoms. The van der Waals surface area contributed by atoms with Crippen molar-refractivity contribution in [3.63, 3.8) is 0 Å². The van der Waals surface area contributed by atoms with Gasteiger partial charge in [0.15, 0.2) is 10.8 Å². The van der Waals surface area contributed by atoms with Crippen LogP contribution in [0, 0.1) is 5.82 Å². The summed E-state index contributed by atoms with van der Waals surface area (Å²) in [6.45, 7) is 7.21. The summed E-state index contributed by atoms with van der Waals surface area (Å²) in [5.41, 5.74) is 0. The molecule has 0 fully saturated rings. The van der Waals surface area contributed by atoms with Gasteiger partial charge in [-0.25, -0.2) is 13.3 Å². The molecule has 1 unspecified atom stereocenters. The molecule has 0 amide bonds. The standard InChI is InChI=1S/C9H17FN2O3SSi/c1-17(2,3)5-4-15-7-12-9(16(13)14)8(10)6-11-12/h6H,4-5,7H2,1-3H3,(H,13,14). The number of halogens is 1. The molecule has 0 radical (unpaired) electrons. The van der Waals surface area contributed by atoms with Crippen molar-refractivity contribution >= 4 is 19.2 Å². The smallest absolute Gasteiger partial charge is 0.208 e. The first-order valence-electron chi connectivity index (χ1n) is 5.21. The summed E-state index contributed by atoms with van der Waals surface area (Å²) in [6.07, 6.45) is 0.908. The Morgan fingerprint density at radius 3 is 2.76 bits per heavy atom. The van der Waals surface area contributed by atoms with Gasteiger partial charge in [-0.1, -0.05) is 19.6 Å². The van der Waals surface area contributed by atoms with E-state index < -0.39 is 25.0 Å². The zero-order chi connectivity index (χ0) is 13.1. The predicted octanol–water partition coefficient (Wildman–Crippen LogP) is 1.92. The lowest BCUT2D eigenvalue weighted by Crippen LogP contribution is -2.22. The number of hydrogen-bond donors (Lipinski definition) is 1. The highest BCUT2D eigenvalue weighted by atomic mass is 32.2. The van der Waals surface area contributed by atoms with Crippen LogP contribution in [0.1, 0.15) is 0 Å². The van der Waals surface area contributed by atoms with Gasteiger partial charge in [0.2, 0.25) is 11.1 Å². The van der Waals surface area contributed by atoms with Crippen molar-refractivity contribution in [2.75, 3.05) is 6.61 Å². The van der Waals surface area contributed by atoms with Crippen molar-refractivity contribution in [1.82, 2.24) is 9.78 Å². The fraction of sp³-hybridized carbons (Fsp3) is 0.667. The van der Waals surface area contributed by atoms with Gasteiger partial charge >= 0.3 is 0 Å². The molecule has 0 spiro atoms. The summed E-state index contributed by atoms with van der Waals surface area (Å²) >= 11 is -2.39. The molecule has 1 atom stereocenters. The van der Waals surface area contributed by atoms with Gasteiger partial charge in [-0.3, -0.25) is 0 Å². The summed E-state index contributed by atoms with van der Waals surface area (Å²) in [5.74, 6) is -0.792. The molecule has 1 rings (SSSR count). The Labute approximate surface area is 103 Å². The molecular formula is C9H17FN2O3SSi. The first-order valence-corrected chi connectivity index (χ1v) is 10.0. The number of nitrogens with zero attached hydrogens (tertiary/aromatic N) is 2. The van der Waals surface area contributed by atoms with Gasteiger partial charge in [0, 0.05) is 14.7 Å².